The molecule has 11 nitrogen and oxygen atoms in total. The minimum atomic E-state index is -1.88. The smallest absolute Gasteiger partial charge is 0.335 e. The number of carbonyl (C=O) groups excluding carboxylic acids is 2. The van der Waals surface area contributed by atoms with E-state index in [1.807, 2.05) is 12.2 Å². The molecule has 0 aromatic heterocycles. The minimum absolute atomic E-state index is 0.102. The normalized spacial score (nSPS) is 19.9. The Morgan fingerprint density at radius 2 is 0.853 bits per heavy atom. The fourth-order valence-electron chi connectivity index (χ4n) is 6.90. The number of aliphatic hydroxyl groups excluding tert-OH is 3. The SMILES string of the molecule is CC/C=C\C/C=C\C/C=C\C/C=C\C/C=C\C/C=C\CCC(=O)OCC(COC1OC(C(=O)O)C(O)C(O)C1O)OC(=O)CCCCCCCCCCCC/C=C\C/C=C\C/C=C\C/C=C\CC. The van der Waals surface area contributed by atoms with E-state index in [4.69, 9.17) is 18.9 Å². The number of ether oxygens (including phenoxy) is 4. The highest BCUT2D eigenvalue weighted by atomic mass is 16.7. The summed E-state index contributed by atoms with van der Waals surface area (Å²) in [6, 6.07) is 0. The molecule has 1 fully saturated rings. The topological polar surface area (TPSA) is 169 Å². The van der Waals surface area contributed by atoms with Gasteiger partial charge in [-0.15, -0.1) is 0 Å². The Labute approximate surface area is 409 Å². The van der Waals surface area contributed by atoms with E-state index in [1.54, 1.807) is 0 Å². The summed E-state index contributed by atoms with van der Waals surface area (Å²) in [7, 11) is 0. The van der Waals surface area contributed by atoms with E-state index in [0.717, 1.165) is 96.3 Å². The maximum atomic E-state index is 12.8. The van der Waals surface area contributed by atoms with Crippen LogP contribution in [-0.4, -0.2) is 88.4 Å². The molecule has 0 bridgehead atoms. The fourth-order valence-corrected chi connectivity index (χ4v) is 6.90. The minimum Gasteiger partial charge on any atom is -0.479 e. The third-order valence-electron chi connectivity index (χ3n) is 10.8. The summed E-state index contributed by atoms with van der Waals surface area (Å²) >= 11 is 0. The Balaban J connectivity index is 2.36. The number of allylic oxidation sites excluding steroid dienone is 20. The van der Waals surface area contributed by atoms with Crippen molar-refractivity contribution in [2.45, 2.75) is 205 Å². The second kappa shape index (κ2) is 45.1. The van der Waals surface area contributed by atoms with Gasteiger partial charge >= 0.3 is 17.9 Å². The zero-order valence-corrected chi connectivity index (χ0v) is 41.5. The first-order valence-electron chi connectivity index (χ1n) is 25.6. The van der Waals surface area contributed by atoms with E-state index in [0.29, 0.717) is 12.8 Å². The summed E-state index contributed by atoms with van der Waals surface area (Å²) < 4.78 is 21.7. The van der Waals surface area contributed by atoms with Crippen molar-refractivity contribution in [3.63, 3.8) is 0 Å². The third kappa shape index (κ3) is 35.7. The van der Waals surface area contributed by atoms with Crippen molar-refractivity contribution < 1.29 is 53.8 Å². The van der Waals surface area contributed by atoms with E-state index in [9.17, 15) is 34.8 Å². The molecule has 0 spiro atoms. The van der Waals surface area contributed by atoms with Gasteiger partial charge in [0.05, 0.1) is 6.61 Å². The number of aliphatic carboxylic acids is 1. The van der Waals surface area contributed by atoms with E-state index < -0.39 is 61.3 Å². The molecule has 0 amide bonds. The van der Waals surface area contributed by atoms with Gasteiger partial charge in [0.25, 0.3) is 0 Å². The highest BCUT2D eigenvalue weighted by Gasteiger charge is 2.47. The van der Waals surface area contributed by atoms with Gasteiger partial charge in [-0.1, -0.05) is 187 Å². The highest BCUT2D eigenvalue weighted by molar-refractivity contribution is 5.73. The third-order valence-corrected chi connectivity index (χ3v) is 10.8. The molecule has 1 aliphatic heterocycles. The van der Waals surface area contributed by atoms with Crippen molar-refractivity contribution >= 4 is 17.9 Å². The summed E-state index contributed by atoms with van der Waals surface area (Å²) in [5.74, 6) is -2.57. The standard InChI is InChI=1S/C57H88O11/c1-3-5-7-9-11-13-15-17-19-21-23-24-25-26-28-30-32-34-36-38-40-42-44-46-51(59)67-49(48-66-57-54(62)52(60)53(61)55(68-57)56(63)64)47-65-50(58)45-43-41-39-37-35-33-31-29-27-22-20-18-16-14-12-10-8-6-4-2/h5-8,11-14,17-20,23-24,27,29,33,35,39,41,49,52-55,57,60-62H,3-4,9-10,15-16,21-22,25-26,28,30-32,34,36-38,40,42-48H2,1-2H3,(H,63,64)/b7-5-,8-6-,13-11-,14-12-,19-17-,20-18-,24-23-,29-27-,35-33-,41-39-. The summed E-state index contributed by atoms with van der Waals surface area (Å²) in [5.41, 5.74) is 0. The van der Waals surface area contributed by atoms with Crippen LogP contribution in [0, 0.1) is 0 Å². The molecule has 1 rings (SSSR count). The first-order valence-corrected chi connectivity index (χ1v) is 25.6. The van der Waals surface area contributed by atoms with E-state index in [-0.39, 0.29) is 19.4 Å². The summed E-state index contributed by atoms with van der Waals surface area (Å²) in [6.45, 7) is 3.52. The van der Waals surface area contributed by atoms with Crippen LogP contribution in [-0.2, 0) is 33.3 Å². The Morgan fingerprint density at radius 3 is 1.29 bits per heavy atom. The van der Waals surface area contributed by atoms with Crippen molar-refractivity contribution in [2.75, 3.05) is 13.2 Å². The van der Waals surface area contributed by atoms with Gasteiger partial charge in [-0.3, -0.25) is 9.59 Å². The molecule has 6 atom stereocenters. The summed E-state index contributed by atoms with van der Waals surface area (Å²) in [4.78, 5) is 37.0. The van der Waals surface area contributed by atoms with Crippen molar-refractivity contribution in [2.24, 2.45) is 0 Å². The predicted molar refractivity (Wildman–Crippen MR) is 275 cm³/mol. The van der Waals surface area contributed by atoms with Gasteiger partial charge in [0.2, 0.25) is 0 Å². The van der Waals surface area contributed by atoms with Crippen molar-refractivity contribution in [1.29, 1.82) is 0 Å². The van der Waals surface area contributed by atoms with Gasteiger partial charge in [0.1, 0.15) is 24.9 Å². The van der Waals surface area contributed by atoms with Crippen LogP contribution < -0.4 is 0 Å². The second-order valence-electron chi connectivity index (χ2n) is 16.9. The molecule has 11 heteroatoms. The van der Waals surface area contributed by atoms with Gasteiger partial charge in [0, 0.05) is 12.8 Å². The quantitative estimate of drug-likeness (QED) is 0.0261. The average molecular weight is 949 g/mol. The Kier molecular flexibility index (Phi) is 40.9. The van der Waals surface area contributed by atoms with Gasteiger partial charge in [-0.25, -0.2) is 4.79 Å². The monoisotopic (exact) mass is 949 g/mol. The van der Waals surface area contributed by atoms with Gasteiger partial charge < -0.3 is 39.4 Å². The lowest BCUT2D eigenvalue weighted by molar-refractivity contribution is -0.298. The number of hydrogen-bond donors (Lipinski definition) is 4. The number of rotatable bonds is 41. The maximum Gasteiger partial charge on any atom is 0.335 e. The first-order chi connectivity index (χ1) is 33.2. The number of carboxylic acids is 1. The molecule has 0 radical (unpaired) electrons. The zero-order chi connectivity index (χ0) is 49.6. The van der Waals surface area contributed by atoms with Crippen LogP contribution in [0.2, 0.25) is 0 Å². The van der Waals surface area contributed by atoms with Crippen LogP contribution in [0.5, 0.6) is 0 Å². The molecule has 1 aliphatic rings. The number of esters is 2. The Morgan fingerprint density at radius 1 is 0.456 bits per heavy atom. The number of unbranched alkanes of at least 4 members (excludes halogenated alkanes) is 10. The molecule has 382 valence electrons. The van der Waals surface area contributed by atoms with Crippen LogP contribution in [0.4, 0.5) is 0 Å². The maximum absolute atomic E-state index is 12.8. The van der Waals surface area contributed by atoms with Crippen molar-refractivity contribution in [3.05, 3.63) is 122 Å². The Hall–Kier alpha value is -4.39. The molecule has 0 aromatic rings. The largest absolute Gasteiger partial charge is 0.479 e. The molecule has 6 unspecified atom stereocenters. The molecular weight excluding hydrogens is 861 g/mol. The number of hydrogen-bond acceptors (Lipinski definition) is 10. The number of carbonyl (C=O) groups is 3. The molecule has 1 heterocycles. The number of carboxylic acid groups (broad SMARTS) is 1. The summed E-state index contributed by atoms with van der Waals surface area (Å²) in [5, 5.41) is 40.0. The van der Waals surface area contributed by atoms with E-state index in [2.05, 4.69) is 123 Å². The highest BCUT2D eigenvalue weighted by Crippen LogP contribution is 2.23. The van der Waals surface area contributed by atoms with Crippen molar-refractivity contribution in [3.8, 4) is 0 Å². The molecular formula is C57H88O11. The van der Waals surface area contributed by atoms with Crippen LogP contribution in [0.3, 0.4) is 0 Å². The molecule has 0 aromatic carbocycles. The van der Waals surface area contributed by atoms with Crippen LogP contribution in [0.15, 0.2) is 122 Å². The van der Waals surface area contributed by atoms with E-state index in [1.165, 1.54) is 32.1 Å². The predicted octanol–water partition coefficient (Wildman–Crippen LogP) is 12.3. The van der Waals surface area contributed by atoms with Crippen LogP contribution in [0.1, 0.15) is 168 Å². The van der Waals surface area contributed by atoms with Gasteiger partial charge in [-0.2, -0.15) is 0 Å². The van der Waals surface area contributed by atoms with E-state index >= 15 is 0 Å². The van der Waals surface area contributed by atoms with Crippen molar-refractivity contribution in [1.82, 2.24) is 0 Å². The molecule has 4 N–H and O–H groups in total. The van der Waals surface area contributed by atoms with Gasteiger partial charge in [-0.05, 0) is 89.9 Å². The molecule has 0 saturated carbocycles. The lowest BCUT2D eigenvalue weighted by Gasteiger charge is -2.38. The number of aliphatic hydroxyl groups is 3. The van der Waals surface area contributed by atoms with Crippen LogP contribution >= 0.6 is 0 Å². The average Bonchev–Trinajstić information content (AvgIpc) is 3.32. The lowest BCUT2D eigenvalue weighted by Crippen LogP contribution is -2.60. The second-order valence-corrected chi connectivity index (χ2v) is 16.9. The Bertz CT molecular complexity index is 1580. The molecule has 68 heavy (non-hydrogen) atoms. The van der Waals surface area contributed by atoms with Crippen LogP contribution in [0.25, 0.3) is 0 Å². The first kappa shape index (κ1) is 61.6. The summed E-state index contributed by atoms with van der Waals surface area (Å²) in [6.07, 6.45) is 55.4. The molecule has 1 saturated heterocycles. The lowest BCUT2D eigenvalue weighted by atomic mass is 9.99. The zero-order valence-electron chi connectivity index (χ0n) is 41.5. The fraction of sp³-hybridized carbons (Fsp3) is 0.596. The van der Waals surface area contributed by atoms with Gasteiger partial charge in [0.15, 0.2) is 18.5 Å². The molecule has 0 aliphatic carbocycles.